The molecule has 0 aromatic heterocycles. The van der Waals surface area contributed by atoms with Gasteiger partial charge in [0.25, 0.3) is 5.91 Å². The number of carbonyl (C=O) groups is 1. The Labute approximate surface area is 175 Å². The first kappa shape index (κ1) is 20.2. The normalized spacial score (nSPS) is 10.7. The van der Waals surface area contributed by atoms with E-state index in [9.17, 15) is 4.79 Å². The predicted octanol–water partition coefficient (Wildman–Crippen LogP) is 5.71. The van der Waals surface area contributed by atoms with E-state index in [2.05, 4.69) is 29.6 Å². The Morgan fingerprint density at radius 2 is 1.46 bits per heavy atom. The van der Waals surface area contributed by atoms with Crippen molar-refractivity contribution in [2.45, 2.75) is 12.3 Å². The standard InChI is InChI=1S/C23H21Cl2NO2/c24-20-12-7-13-21(23(20)25)28-16-22(27)26-15-14-19(17-8-3-1-4-9-17)18-10-5-2-6-11-18/h1-13,19H,14-16H2,(H,26,27). The Hall–Kier alpha value is -2.49. The van der Waals surface area contributed by atoms with Crippen molar-refractivity contribution in [1.29, 1.82) is 0 Å². The van der Waals surface area contributed by atoms with Crippen LogP contribution in [-0.2, 0) is 4.79 Å². The van der Waals surface area contributed by atoms with Gasteiger partial charge in [-0.15, -0.1) is 0 Å². The molecule has 0 saturated carbocycles. The van der Waals surface area contributed by atoms with Crippen LogP contribution in [0.5, 0.6) is 5.75 Å². The molecule has 1 amide bonds. The van der Waals surface area contributed by atoms with E-state index in [1.807, 2.05) is 36.4 Å². The van der Waals surface area contributed by atoms with Crippen LogP contribution in [-0.4, -0.2) is 19.1 Å². The van der Waals surface area contributed by atoms with E-state index in [1.165, 1.54) is 11.1 Å². The summed E-state index contributed by atoms with van der Waals surface area (Å²) >= 11 is 12.0. The van der Waals surface area contributed by atoms with Gasteiger partial charge in [0.2, 0.25) is 0 Å². The van der Waals surface area contributed by atoms with E-state index in [0.29, 0.717) is 22.3 Å². The van der Waals surface area contributed by atoms with Crippen molar-refractivity contribution in [3.05, 3.63) is 100 Å². The topological polar surface area (TPSA) is 38.3 Å². The molecule has 0 atom stereocenters. The zero-order valence-electron chi connectivity index (χ0n) is 15.3. The van der Waals surface area contributed by atoms with E-state index >= 15 is 0 Å². The lowest BCUT2D eigenvalue weighted by Gasteiger charge is -2.18. The Morgan fingerprint density at radius 1 is 0.857 bits per heavy atom. The Morgan fingerprint density at radius 3 is 2.07 bits per heavy atom. The molecule has 5 heteroatoms. The molecule has 0 saturated heterocycles. The number of hydrogen-bond acceptors (Lipinski definition) is 2. The molecule has 0 spiro atoms. The van der Waals surface area contributed by atoms with Crippen molar-refractivity contribution in [2.24, 2.45) is 0 Å². The summed E-state index contributed by atoms with van der Waals surface area (Å²) in [5.74, 6) is 0.415. The number of rotatable bonds is 8. The molecule has 0 aliphatic carbocycles. The van der Waals surface area contributed by atoms with Gasteiger partial charge in [0.05, 0.1) is 5.02 Å². The van der Waals surface area contributed by atoms with Gasteiger partial charge in [0.15, 0.2) is 6.61 Å². The molecule has 144 valence electrons. The van der Waals surface area contributed by atoms with E-state index in [0.717, 1.165) is 6.42 Å². The van der Waals surface area contributed by atoms with Crippen LogP contribution in [0.15, 0.2) is 78.9 Å². The minimum atomic E-state index is -0.198. The summed E-state index contributed by atoms with van der Waals surface area (Å²) < 4.78 is 5.48. The molecule has 3 nitrogen and oxygen atoms in total. The van der Waals surface area contributed by atoms with Crippen molar-refractivity contribution < 1.29 is 9.53 Å². The highest BCUT2D eigenvalue weighted by Gasteiger charge is 2.14. The lowest BCUT2D eigenvalue weighted by molar-refractivity contribution is -0.123. The molecule has 0 aliphatic rings. The number of amides is 1. The summed E-state index contributed by atoms with van der Waals surface area (Å²) in [6.07, 6.45) is 0.789. The van der Waals surface area contributed by atoms with Crippen molar-refractivity contribution in [3.8, 4) is 5.75 Å². The smallest absolute Gasteiger partial charge is 0.257 e. The molecule has 0 radical (unpaired) electrons. The average molecular weight is 414 g/mol. The van der Waals surface area contributed by atoms with Crippen LogP contribution < -0.4 is 10.1 Å². The first-order chi connectivity index (χ1) is 13.6. The van der Waals surface area contributed by atoms with Crippen LogP contribution in [0.4, 0.5) is 0 Å². The highest BCUT2D eigenvalue weighted by atomic mass is 35.5. The van der Waals surface area contributed by atoms with Gasteiger partial charge in [-0.25, -0.2) is 0 Å². The van der Waals surface area contributed by atoms with Crippen LogP contribution in [0, 0.1) is 0 Å². The van der Waals surface area contributed by atoms with E-state index in [4.69, 9.17) is 27.9 Å². The number of carbonyl (C=O) groups excluding carboxylic acids is 1. The van der Waals surface area contributed by atoms with Crippen LogP contribution >= 0.6 is 23.2 Å². The van der Waals surface area contributed by atoms with Crippen molar-refractivity contribution in [3.63, 3.8) is 0 Å². The molecule has 0 heterocycles. The van der Waals surface area contributed by atoms with Crippen molar-refractivity contribution >= 4 is 29.1 Å². The number of hydrogen-bond donors (Lipinski definition) is 1. The van der Waals surface area contributed by atoms with Gasteiger partial charge in [-0.3, -0.25) is 4.79 Å². The first-order valence-corrected chi connectivity index (χ1v) is 9.84. The second-order valence-corrected chi connectivity index (χ2v) is 7.14. The summed E-state index contributed by atoms with van der Waals surface area (Å²) in [5.41, 5.74) is 2.45. The zero-order chi connectivity index (χ0) is 19.8. The molecule has 0 unspecified atom stereocenters. The van der Waals surface area contributed by atoms with Crippen molar-refractivity contribution in [1.82, 2.24) is 5.32 Å². The second kappa shape index (κ2) is 10.2. The molecule has 3 rings (SSSR count). The number of ether oxygens (including phenoxy) is 1. The highest BCUT2D eigenvalue weighted by molar-refractivity contribution is 6.42. The fourth-order valence-electron chi connectivity index (χ4n) is 3.04. The minimum absolute atomic E-state index is 0.110. The van der Waals surface area contributed by atoms with Crippen molar-refractivity contribution in [2.75, 3.05) is 13.2 Å². The van der Waals surface area contributed by atoms with Gasteiger partial charge in [-0.1, -0.05) is 89.9 Å². The Balaban J connectivity index is 1.55. The zero-order valence-corrected chi connectivity index (χ0v) is 16.8. The summed E-state index contributed by atoms with van der Waals surface area (Å²) in [7, 11) is 0. The molecule has 28 heavy (non-hydrogen) atoms. The fraction of sp³-hybridized carbons (Fsp3) is 0.174. The van der Waals surface area contributed by atoms with Gasteiger partial charge >= 0.3 is 0 Å². The van der Waals surface area contributed by atoms with Crippen LogP contribution in [0.2, 0.25) is 10.0 Å². The largest absolute Gasteiger partial charge is 0.482 e. The van der Waals surface area contributed by atoms with Gasteiger partial charge in [-0.2, -0.15) is 0 Å². The number of nitrogens with one attached hydrogen (secondary N) is 1. The van der Waals surface area contributed by atoms with Gasteiger partial charge in [-0.05, 0) is 29.7 Å². The predicted molar refractivity (Wildman–Crippen MR) is 114 cm³/mol. The lowest BCUT2D eigenvalue weighted by Crippen LogP contribution is -2.30. The van der Waals surface area contributed by atoms with Gasteiger partial charge in [0, 0.05) is 12.5 Å². The molecule has 1 N–H and O–H groups in total. The molecular formula is C23H21Cl2NO2. The fourth-order valence-corrected chi connectivity index (χ4v) is 3.39. The van der Waals surface area contributed by atoms with E-state index in [-0.39, 0.29) is 18.4 Å². The molecular weight excluding hydrogens is 393 g/mol. The maximum absolute atomic E-state index is 12.2. The highest BCUT2D eigenvalue weighted by Crippen LogP contribution is 2.31. The maximum Gasteiger partial charge on any atom is 0.257 e. The molecule has 3 aromatic rings. The summed E-state index contributed by atoms with van der Waals surface area (Å²) in [6.45, 7) is 0.432. The molecule has 0 aliphatic heterocycles. The first-order valence-electron chi connectivity index (χ1n) is 9.08. The van der Waals surface area contributed by atoms with Crippen LogP contribution in [0.1, 0.15) is 23.5 Å². The van der Waals surface area contributed by atoms with Crippen LogP contribution in [0.25, 0.3) is 0 Å². The van der Waals surface area contributed by atoms with E-state index < -0.39 is 0 Å². The Bertz CT molecular complexity index is 861. The molecule has 0 bridgehead atoms. The average Bonchev–Trinajstić information content (AvgIpc) is 2.73. The summed E-state index contributed by atoms with van der Waals surface area (Å²) in [6, 6.07) is 25.7. The SMILES string of the molecule is O=C(COc1cccc(Cl)c1Cl)NCCC(c1ccccc1)c1ccccc1. The monoisotopic (exact) mass is 413 g/mol. The quantitative estimate of drug-likeness (QED) is 0.513. The molecule has 3 aromatic carbocycles. The third-order valence-electron chi connectivity index (χ3n) is 4.43. The third kappa shape index (κ3) is 5.51. The van der Waals surface area contributed by atoms with Gasteiger partial charge in [0.1, 0.15) is 10.8 Å². The minimum Gasteiger partial charge on any atom is -0.482 e. The Kier molecular flexibility index (Phi) is 7.35. The summed E-state index contributed by atoms with van der Waals surface area (Å²) in [4.78, 5) is 12.2. The maximum atomic E-state index is 12.2. The van der Waals surface area contributed by atoms with E-state index in [1.54, 1.807) is 18.2 Å². The number of benzene rings is 3. The van der Waals surface area contributed by atoms with Crippen LogP contribution in [0.3, 0.4) is 0 Å². The lowest BCUT2D eigenvalue weighted by atomic mass is 9.88. The molecule has 0 fully saturated rings. The number of halogens is 2. The second-order valence-electron chi connectivity index (χ2n) is 6.35. The van der Waals surface area contributed by atoms with Gasteiger partial charge < -0.3 is 10.1 Å². The third-order valence-corrected chi connectivity index (χ3v) is 5.24. The summed E-state index contributed by atoms with van der Waals surface area (Å²) in [5, 5.41) is 3.62.